The van der Waals surface area contributed by atoms with Crippen LogP contribution in [0.4, 0.5) is 0 Å². The first kappa shape index (κ1) is 32.7. The van der Waals surface area contributed by atoms with Crippen LogP contribution in [0.5, 0.6) is 11.5 Å². The number of aliphatic hydroxyl groups excluding tert-OH is 3. The molecule has 0 radical (unpaired) electrons. The fourth-order valence-electron chi connectivity index (χ4n) is 5.81. The summed E-state index contributed by atoms with van der Waals surface area (Å²) in [7, 11) is 0. The molecule has 0 saturated heterocycles. The van der Waals surface area contributed by atoms with Crippen molar-refractivity contribution in [1.82, 2.24) is 0 Å². The number of ether oxygens (including phenoxy) is 2. The van der Waals surface area contributed by atoms with Crippen LogP contribution in [0.3, 0.4) is 0 Å². The van der Waals surface area contributed by atoms with Gasteiger partial charge in [0.2, 0.25) is 0 Å². The smallest absolute Gasteiger partial charge is 0.122 e. The molecule has 41 heavy (non-hydrogen) atoms. The van der Waals surface area contributed by atoms with Crippen molar-refractivity contribution in [3.05, 3.63) is 94.5 Å². The molecule has 0 heterocycles. The quantitative estimate of drug-likeness (QED) is 0.176. The fraction of sp³-hybridized carbons (Fsp3) is 0.500. The van der Waals surface area contributed by atoms with E-state index in [4.69, 9.17) is 14.6 Å². The van der Waals surface area contributed by atoms with Crippen molar-refractivity contribution in [2.24, 2.45) is 5.41 Å². The molecule has 0 bridgehead atoms. The Morgan fingerprint density at radius 3 is 1.71 bits per heavy atom. The Morgan fingerprint density at radius 2 is 1.24 bits per heavy atom. The molecule has 0 saturated carbocycles. The molecule has 3 rings (SSSR count). The van der Waals surface area contributed by atoms with Crippen LogP contribution in [0.15, 0.2) is 66.7 Å². The van der Waals surface area contributed by atoms with Gasteiger partial charge in [-0.25, -0.2) is 0 Å². The summed E-state index contributed by atoms with van der Waals surface area (Å²) in [6.45, 7) is 12.7. The summed E-state index contributed by atoms with van der Waals surface area (Å²) in [5, 5.41) is 29.9. The van der Waals surface area contributed by atoms with Crippen molar-refractivity contribution in [3.63, 3.8) is 0 Å². The first-order valence-electron chi connectivity index (χ1n) is 15.0. The number of hydrogen-bond donors (Lipinski definition) is 3. The zero-order valence-electron chi connectivity index (χ0n) is 25.8. The van der Waals surface area contributed by atoms with Gasteiger partial charge in [0.25, 0.3) is 0 Å². The van der Waals surface area contributed by atoms with Gasteiger partial charge < -0.3 is 24.8 Å². The second kappa shape index (κ2) is 14.9. The monoisotopic (exact) mass is 562 g/mol. The Kier molecular flexibility index (Phi) is 11.8. The minimum absolute atomic E-state index is 0.0601. The van der Waals surface area contributed by atoms with E-state index in [0.29, 0.717) is 0 Å². The SMILES string of the molecule is CCCC(CCC)(c1ccc(OCC(O)CO)c(C)c1)c1ccc(OCC(O)C(C)(C)Cc2ccccc2)c(C)c1. The van der Waals surface area contributed by atoms with Crippen molar-refractivity contribution < 1.29 is 24.8 Å². The number of aryl methyl sites for hydroxylation is 2. The van der Waals surface area contributed by atoms with Crippen LogP contribution in [-0.4, -0.2) is 47.3 Å². The van der Waals surface area contributed by atoms with Crippen LogP contribution in [0.25, 0.3) is 0 Å². The maximum Gasteiger partial charge on any atom is 0.122 e. The van der Waals surface area contributed by atoms with Gasteiger partial charge in [0.05, 0.1) is 12.7 Å². The number of hydrogen-bond acceptors (Lipinski definition) is 5. The summed E-state index contributed by atoms with van der Waals surface area (Å²) in [5.41, 5.74) is 5.31. The summed E-state index contributed by atoms with van der Waals surface area (Å²) >= 11 is 0. The van der Waals surface area contributed by atoms with E-state index in [9.17, 15) is 10.2 Å². The fourth-order valence-corrected chi connectivity index (χ4v) is 5.81. The summed E-state index contributed by atoms with van der Waals surface area (Å²) < 4.78 is 12.0. The lowest BCUT2D eigenvalue weighted by Gasteiger charge is -2.36. The van der Waals surface area contributed by atoms with E-state index < -0.39 is 12.2 Å². The number of aliphatic hydroxyl groups is 3. The molecule has 5 heteroatoms. The highest BCUT2D eigenvalue weighted by Crippen LogP contribution is 2.43. The standard InChI is InChI=1S/C36H50O5/c1-7-18-36(19-8-2,29-14-16-32(26(3)20-29)40-24-31(38)23-37)30-15-17-33(27(4)21-30)41-25-34(39)35(5,6)22-28-12-10-9-11-13-28/h9-17,20-21,31,34,37-39H,7-8,18-19,22-25H2,1-6H3. The molecule has 0 aliphatic heterocycles. The molecule has 0 spiro atoms. The number of rotatable bonds is 16. The lowest BCUT2D eigenvalue weighted by Crippen LogP contribution is -2.36. The Labute approximate surface area is 247 Å². The van der Waals surface area contributed by atoms with E-state index in [1.54, 1.807) is 0 Å². The zero-order chi connectivity index (χ0) is 30.0. The van der Waals surface area contributed by atoms with E-state index in [-0.39, 0.29) is 30.7 Å². The largest absolute Gasteiger partial charge is 0.491 e. The molecule has 0 aromatic heterocycles. The van der Waals surface area contributed by atoms with Gasteiger partial charge in [0, 0.05) is 5.41 Å². The second-order valence-electron chi connectivity index (χ2n) is 12.2. The van der Waals surface area contributed by atoms with E-state index in [0.717, 1.165) is 54.7 Å². The predicted octanol–water partition coefficient (Wildman–Crippen LogP) is 6.93. The second-order valence-corrected chi connectivity index (χ2v) is 12.2. The highest BCUT2D eigenvalue weighted by atomic mass is 16.5. The van der Waals surface area contributed by atoms with Gasteiger partial charge in [0.15, 0.2) is 0 Å². The average molecular weight is 563 g/mol. The topological polar surface area (TPSA) is 79.2 Å². The van der Waals surface area contributed by atoms with E-state index in [1.807, 2.05) is 31.2 Å². The normalized spacial score (nSPS) is 13.6. The van der Waals surface area contributed by atoms with Crippen molar-refractivity contribution in [2.75, 3.05) is 19.8 Å². The molecule has 3 aromatic rings. The molecule has 2 atom stereocenters. The highest BCUT2D eigenvalue weighted by molar-refractivity contribution is 5.48. The lowest BCUT2D eigenvalue weighted by molar-refractivity contribution is 0.0116. The van der Waals surface area contributed by atoms with Gasteiger partial charge >= 0.3 is 0 Å². The maximum absolute atomic E-state index is 11.0. The Hall–Kier alpha value is -2.86. The van der Waals surface area contributed by atoms with Gasteiger partial charge in [0.1, 0.15) is 30.8 Å². The Morgan fingerprint density at radius 1 is 0.732 bits per heavy atom. The van der Waals surface area contributed by atoms with Gasteiger partial charge in [-0.2, -0.15) is 0 Å². The molecule has 3 N–H and O–H groups in total. The van der Waals surface area contributed by atoms with Gasteiger partial charge in [-0.1, -0.05) is 95.1 Å². The highest BCUT2D eigenvalue weighted by Gasteiger charge is 2.34. The van der Waals surface area contributed by atoms with E-state index >= 15 is 0 Å². The summed E-state index contributed by atoms with van der Waals surface area (Å²) in [4.78, 5) is 0. The van der Waals surface area contributed by atoms with Crippen LogP contribution < -0.4 is 9.47 Å². The van der Waals surface area contributed by atoms with E-state index in [1.165, 1.54) is 16.7 Å². The molecule has 0 aliphatic rings. The molecular weight excluding hydrogens is 512 g/mol. The summed E-state index contributed by atoms with van der Waals surface area (Å²) in [5.74, 6) is 1.52. The van der Waals surface area contributed by atoms with Crippen molar-refractivity contribution in [3.8, 4) is 11.5 Å². The van der Waals surface area contributed by atoms with Crippen molar-refractivity contribution in [2.45, 2.75) is 91.3 Å². The lowest BCUT2D eigenvalue weighted by atomic mass is 9.68. The molecule has 0 fully saturated rings. The molecule has 224 valence electrons. The third kappa shape index (κ3) is 8.34. The van der Waals surface area contributed by atoms with Crippen molar-refractivity contribution in [1.29, 1.82) is 0 Å². The summed E-state index contributed by atoms with van der Waals surface area (Å²) in [6, 6.07) is 23.1. The first-order valence-corrected chi connectivity index (χ1v) is 15.0. The van der Waals surface area contributed by atoms with Crippen LogP contribution in [0.1, 0.15) is 81.2 Å². The van der Waals surface area contributed by atoms with Crippen LogP contribution in [0.2, 0.25) is 0 Å². The van der Waals surface area contributed by atoms with Gasteiger partial charge in [-0.15, -0.1) is 0 Å². The van der Waals surface area contributed by atoms with E-state index in [2.05, 4.69) is 77.1 Å². The van der Waals surface area contributed by atoms with Crippen LogP contribution in [-0.2, 0) is 11.8 Å². The zero-order valence-corrected chi connectivity index (χ0v) is 25.8. The molecule has 0 aliphatic carbocycles. The third-order valence-electron chi connectivity index (χ3n) is 8.25. The predicted molar refractivity (Wildman–Crippen MR) is 167 cm³/mol. The van der Waals surface area contributed by atoms with Crippen LogP contribution in [0, 0.1) is 19.3 Å². The van der Waals surface area contributed by atoms with Gasteiger partial charge in [-0.05, 0) is 78.5 Å². The average Bonchev–Trinajstić information content (AvgIpc) is 2.95. The molecule has 3 aromatic carbocycles. The Bertz CT molecular complexity index is 1210. The van der Waals surface area contributed by atoms with Gasteiger partial charge in [-0.3, -0.25) is 0 Å². The molecule has 5 nitrogen and oxygen atoms in total. The first-order chi connectivity index (χ1) is 19.6. The molecule has 0 amide bonds. The summed E-state index contributed by atoms with van der Waals surface area (Å²) in [6.07, 6.45) is 3.38. The van der Waals surface area contributed by atoms with Crippen LogP contribution >= 0.6 is 0 Å². The minimum atomic E-state index is -0.895. The number of benzene rings is 3. The van der Waals surface area contributed by atoms with Crippen molar-refractivity contribution >= 4 is 0 Å². The third-order valence-corrected chi connectivity index (χ3v) is 8.25. The maximum atomic E-state index is 11.0. The Balaban J connectivity index is 1.83. The minimum Gasteiger partial charge on any atom is -0.491 e. The molecular formula is C36H50O5. The molecule has 2 unspecified atom stereocenters.